The molecule has 154 valence electrons. The van der Waals surface area contributed by atoms with Crippen LogP contribution in [0.5, 0.6) is 5.75 Å². The van der Waals surface area contributed by atoms with E-state index < -0.39 is 22.1 Å². The molecular formula is C18H16N6O6. The Bertz CT molecular complexity index is 1350. The van der Waals surface area contributed by atoms with E-state index in [0.29, 0.717) is 0 Å². The third-order valence-corrected chi connectivity index (χ3v) is 4.38. The summed E-state index contributed by atoms with van der Waals surface area (Å²) >= 11 is 0. The van der Waals surface area contributed by atoms with Crippen molar-refractivity contribution in [1.29, 1.82) is 0 Å². The Morgan fingerprint density at radius 1 is 1.23 bits per heavy atom. The highest BCUT2D eigenvalue weighted by atomic mass is 16.6. The Hall–Kier alpha value is -4.35. The van der Waals surface area contributed by atoms with Crippen molar-refractivity contribution < 1.29 is 14.8 Å². The van der Waals surface area contributed by atoms with Gasteiger partial charge >= 0.3 is 5.69 Å². The van der Waals surface area contributed by atoms with Crippen LogP contribution in [0.15, 0.2) is 39.0 Å². The lowest BCUT2D eigenvalue weighted by Crippen LogP contribution is -2.37. The molecule has 2 aromatic heterocycles. The van der Waals surface area contributed by atoms with Gasteiger partial charge in [-0.2, -0.15) is 5.10 Å². The van der Waals surface area contributed by atoms with Crippen molar-refractivity contribution >= 4 is 28.8 Å². The summed E-state index contributed by atoms with van der Waals surface area (Å²) in [5.74, 6) is -1.00. The molecule has 0 saturated heterocycles. The summed E-state index contributed by atoms with van der Waals surface area (Å²) in [6.45, 7) is 1.54. The molecule has 2 heterocycles. The summed E-state index contributed by atoms with van der Waals surface area (Å²) < 4.78 is 2.12. The molecule has 2 N–H and O–H groups in total. The fourth-order valence-electron chi connectivity index (χ4n) is 2.84. The quantitative estimate of drug-likeness (QED) is 0.354. The summed E-state index contributed by atoms with van der Waals surface area (Å²) in [5, 5.41) is 24.2. The molecule has 0 fully saturated rings. The number of aromatic hydroxyl groups is 1. The average Bonchev–Trinajstić information content (AvgIpc) is 2.69. The van der Waals surface area contributed by atoms with Crippen LogP contribution >= 0.6 is 0 Å². The fraction of sp³-hybridized carbons (Fsp3) is 0.167. The third-order valence-electron chi connectivity index (χ3n) is 4.38. The molecule has 0 atom stereocenters. The van der Waals surface area contributed by atoms with E-state index in [1.165, 1.54) is 36.9 Å². The first-order valence-corrected chi connectivity index (χ1v) is 8.49. The van der Waals surface area contributed by atoms with Gasteiger partial charge in [-0.25, -0.2) is 15.2 Å². The van der Waals surface area contributed by atoms with Crippen LogP contribution in [0.1, 0.15) is 21.6 Å². The van der Waals surface area contributed by atoms with Gasteiger partial charge in [-0.05, 0) is 19.1 Å². The molecule has 0 saturated carbocycles. The highest BCUT2D eigenvalue weighted by Gasteiger charge is 2.16. The normalized spacial score (nSPS) is 11.2. The van der Waals surface area contributed by atoms with Gasteiger partial charge in [-0.1, -0.05) is 0 Å². The number of amides is 1. The number of aromatic nitrogens is 3. The number of hydrogen-bond donors (Lipinski definition) is 2. The minimum Gasteiger partial charge on any atom is -0.508 e. The number of non-ortho nitro benzene ring substituents is 1. The van der Waals surface area contributed by atoms with E-state index >= 15 is 0 Å². The Kier molecular flexibility index (Phi) is 5.15. The number of carbonyl (C=O) groups excluding carboxylic acids is 1. The molecule has 12 heteroatoms. The first-order valence-electron chi connectivity index (χ1n) is 8.49. The zero-order valence-electron chi connectivity index (χ0n) is 16.1. The van der Waals surface area contributed by atoms with Crippen LogP contribution in [0.25, 0.3) is 11.0 Å². The summed E-state index contributed by atoms with van der Waals surface area (Å²) in [7, 11) is 2.79. The van der Waals surface area contributed by atoms with Gasteiger partial charge in [0, 0.05) is 25.7 Å². The lowest BCUT2D eigenvalue weighted by Gasteiger charge is -2.10. The molecule has 1 amide bonds. The largest absolute Gasteiger partial charge is 0.508 e. The van der Waals surface area contributed by atoms with Gasteiger partial charge in [-0.3, -0.25) is 28.8 Å². The van der Waals surface area contributed by atoms with Gasteiger partial charge in [0.05, 0.1) is 33.8 Å². The van der Waals surface area contributed by atoms with Crippen LogP contribution in [-0.4, -0.2) is 36.3 Å². The van der Waals surface area contributed by atoms with E-state index in [1.54, 1.807) is 6.92 Å². The highest BCUT2D eigenvalue weighted by Crippen LogP contribution is 2.20. The number of carbonyl (C=O) groups is 1. The minimum absolute atomic E-state index is 0.0669. The number of rotatable bonds is 4. The van der Waals surface area contributed by atoms with Crippen molar-refractivity contribution in [3.63, 3.8) is 0 Å². The fourth-order valence-corrected chi connectivity index (χ4v) is 2.84. The summed E-state index contributed by atoms with van der Waals surface area (Å²) in [6, 6.07) is 4.70. The lowest BCUT2D eigenvalue weighted by atomic mass is 10.1. The number of phenols is 1. The van der Waals surface area contributed by atoms with E-state index in [-0.39, 0.29) is 39.3 Å². The number of hydrazone groups is 1. The zero-order valence-corrected chi connectivity index (χ0v) is 16.1. The van der Waals surface area contributed by atoms with E-state index in [2.05, 4.69) is 15.5 Å². The van der Waals surface area contributed by atoms with Crippen molar-refractivity contribution in [2.24, 2.45) is 19.2 Å². The van der Waals surface area contributed by atoms with E-state index in [9.17, 15) is 29.6 Å². The predicted octanol–water partition coefficient (Wildman–Crippen LogP) is 0.318. The number of benzene rings is 1. The van der Waals surface area contributed by atoms with Crippen LogP contribution in [0.4, 0.5) is 5.69 Å². The molecule has 3 aromatic rings. The predicted molar refractivity (Wildman–Crippen MR) is 107 cm³/mol. The second kappa shape index (κ2) is 7.58. The number of aryl methyl sites for hydroxylation is 2. The molecular weight excluding hydrogens is 396 g/mol. The van der Waals surface area contributed by atoms with Gasteiger partial charge in [-0.15, -0.1) is 0 Å². The molecule has 0 spiro atoms. The third kappa shape index (κ3) is 3.65. The number of nitrogens with zero attached hydrogens (tertiary/aromatic N) is 5. The smallest absolute Gasteiger partial charge is 0.332 e. The molecule has 0 unspecified atom stereocenters. The van der Waals surface area contributed by atoms with Gasteiger partial charge < -0.3 is 5.11 Å². The van der Waals surface area contributed by atoms with Crippen LogP contribution in [0.3, 0.4) is 0 Å². The Labute approximate surface area is 167 Å². The van der Waals surface area contributed by atoms with Crippen molar-refractivity contribution in [2.45, 2.75) is 6.92 Å². The van der Waals surface area contributed by atoms with E-state index in [0.717, 1.165) is 16.8 Å². The molecule has 3 rings (SSSR count). The maximum absolute atomic E-state index is 12.5. The topological polar surface area (TPSA) is 162 Å². The molecule has 1 aromatic carbocycles. The van der Waals surface area contributed by atoms with E-state index in [1.807, 2.05) is 0 Å². The second-order valence-corrected chi connectivity index (χ2v) is 6.44. The number of hydrogen-bond acceptors (Lipinski definition) is 8. The molecule has 0 aliphatic heterocycles. The Morgan fingerprint density at radius 3 is 2.60 bits per heavy atom. The number of nitro groups is 1. The van der Waals surface area contributed by atoms with Gasteiger partial charge in [0.2, 0.25) is 0 Å². The van der Waals surface area contributed by atoms with Crippen molar-refractivity contribution in [1.82, 2.24) is 19.5 Å². The van der Waals surface area contributed by atoms with Crippen LogP contribution < -0.4 is 16.7 Å². The Morgan fingerprint density at radius 2 is 1.93 bits per heavy atom. The SMILES string of the molecule is Cc1nc2c(cc1C(=O)N/N=C\c1cc(O)cc([N+](=O)[O-])c1)c(=O)n(C)c(=O)n2C. The van der Waals surface area contributed by atoms with Crippen LogP contribution in [0, 0.1) is 17.0 Å². The van der Waals surface area contributed by atoms with Crippen LogP contribution in [0.2, 0.25) is 0 Å². The summed E-state index contributed by atoms with van der Waals surface area (Å²) in [5.41, 5.74) is 1.45. The molecule has 0 bridgehead atoms. The summed E-state index contributed by atoms with van der Waals surface area (Å²) in [4.78, 5) is 51.3. The number of phenolic OH excluding ortho intramolecular Hbond substituents is 1. The molecule has 0 radical (unpaired) electrons. The number of nitro benzene ring substituents is 1. The summed E-state index contributed by atoms with van der Waals surface area (Å²) in [6.07, 6.45) is 1.12. The van der Waals surface area contributed by atoms with Gasteiger partial charge in [0.25, 0.3) is 17.2 Å². The number of pyridine rings is 1. The van der Waals surface area contributed by atoms with E-state index in [4.69, 9.17) is 0 Å². The molecule has 0 aliphatic rings. The molecule has 30 heavy (non-hydrogen) atoms. The van der Waals surface area contributed by atoms with Crippen molar-refractivity contribution in [3.8, 4) is 5.75 Å². The molecule has 0 aliphatic carbocycles. The monoisotopic (exact) mass is 412 g/mol. The maximum Gasteiger partial charge on any atom is 0.332 e. The maximum atomic E-state index is 12.5. The lowest BCUT2D eigenvalue weighted by molar-refractivity contribution is -0.384. The second-order valence-electron chi connectivity index (χ2n) is 6.44. The Balaban J connectivity index is 1.93. The van der Waals surface area contributed by atoms with Crippen molar-refractivity contribution in [3.05, 3.63) is 72.0 Å². The highest BCUT2D eigenvalue weighted by molar-refractivity contribution is 5.98. The van der Waals surface area contributed by atoms with Gasteiger partial charge in [0.1, 0.15) is 11.4 Å². The first-order chi connectivity index (χ1) is 14.1. The van der Waals surface area contributed by atoms with Gasteiger partial charge in [0.15, 0.2) is 0 Å². The van der Waals surface area contributed by atoms with Crippen molar-refractivity contribution in [2.75, 3.05) is 0 Å². The number of nitrogens with one attached hydrogen (secondary N) is 1. The standard InChI is InChI=1S/C18H16N6O6/c1-9-13(7-14-15(20-9)22(2)18(28)23(3)17(14)27)16(26)21-19-8-10-4-11(24(29)30)6-12(25)5-10/h4-8,25H,1-3H3,(H,21,26)/b19-8-. The average molecular weight is 412 g/mol. The number of fused-ring (bicyclic) bond motifs is 1. The zero-order chi connectivity index (χ0) is 22.2. The minimum atomic E-state index is -0.677. The van der Waals surface area contributed by atoms with Crippen LogP contribution in [-0.2, 0) is 14.1 Å². The first kappa shape index (κ1) is 20.4. The molecule has 12 nitrogen and oxygen atoms in total.